The molecule has 1 aliphatic heterocycles. The Labute approximate surface area is 187 Å². The van der Waals surface area contributed by atoms with Crippen LogP contribution in [0, 0.1) is 0 Å². The van der Waals surface area contributed by atoms with Gasteiger partial charge in [-0.25, -0.2) is 0 Å². The normalized spacial score (nSPS) is 14.3. The minimum absolute atomic E-state index is 0.0725. The zero-order valence-electron chi connectivity index (χ0n) is 18.1. The van der Waals surface area contributed by atoms with Gasteiger partial charge in [-0.2, -0.15) is 0 Å². The summed E-state index contributed by atoms with van der Waals surface area (Å²) < 4.78 is 0. The summed E-state index contributed by atoms with van der Waals surface area (Å²) in [5.41, 5.74) is 7.06. The largest absolute Gasteiger partial charge is 0.481 e. The van der Waals surface area contributed by atoms with Crippen molar-refractivity contribution < 1.29 is 19.5 Å². The number of hydrogen-bond donors (Lipinski definition) is 2. The highest BCUT2D eigenvalue weighted by Gasteiger charge is 2.30. The summed E-state index contributed by atoms with van der Waals surface area (Å²) in [5, 5.41) is 11.4. The number of carbonyl (C=O) groups is 3. The van der Waals surface area contributed by atoms with Crippen LogP contribution in [-0.2, 0) is 20.9 Å². The van der Waals surface area contributed by atoms with Crippen LogP contribution in [0.4, 0.5) is 5.69 Å². The number of carboxylic acid groups (broad SMARTS) is 1. The van der Waals surface area contributed by atoms with Crippen molar-refractivity contribution in [3.63, 3.8) is 0 Å². The first kappa shape index (κ1) is 21.8. The SMILES string of the molecule is O=C(O)CCCCNC(=O)CCC(=O)N1Cc2ccccc2C2=C(CC2)c2ccccc21. The number of unbranched alkanes of at least 4 members (excludes halogenated alkanes) is 1. The molecule has 2 aliphatic rings. The molecule has 0 radical (unpaired) electrons. The first-order valence-electron chi connectivity index (χ1n) is 11.2. The van der Waals surface area contributed by atoms with E-state index in [2.05, 4.69) is 23.5 Å². The summed E-state index contributed by atoms with van der Waals surface area (Å²) in [6.07, 6.45) is 3.54. The molecule has 6 heteroatoms. The molecule has 0 atom stereocenters. The molecule has 4 rings (SSSR count). The Bertz CT molecular complexity index is 1070. The van der Waals surface area contributed by atoms with E-state index in [0.717, 1.165) is 29.7 Å². The second kappa shape index (κ2) is 9.81. The van der Waals surface area contributed by atoms with Gasteiger partial charge in [-0.3, -0.25) is 14.4 Å². The number of amides is 2. The minimum atomic E-state index is -0.832. The van der Waals surface area contributed by atoms with Crippen LogP contribution in [0.5, 0.6) is 0 Å². The van der Waals surface area contributed by atoms with Gasteiger partial charge in [-0.05, 0) is 54.0 Å². The maximum atomic E-state index is 13.3. The predicted molar refractivity (Wildman–Crippen MR) is 124 cm³/mol. The lowest BCUT2D eigenvalue weighted by molar-refractivity contribution is -0.137. The van der Waals surface area contributed by atoms with E-state index >= 15 is 0 Å². The van der Waals surface area contributed by atoms with E-state index in [-0.39, 0.29) is 31.1 Å². The van der Waals surface area contributed by atoms with Gasteiger partial charge in [-0.1, -0.05) is 42.5 Å². The van der Waals surface area contributed by atoms with Crippen LogP contribution in [0.1, 0.15) is 61.6 Å². The third kappa shape index (κ3) is 4.74. The highest BCUT2D eigenvalue weighted by atomic mass is 16.4. The van der Waals surface area contributed by atoms with Crippen molar-refractivity contribution in [2.24, 2.45) is 0 Å². The van der Waals surface area contributed by atoms with Crippen LogP contribution in [0.25, 0.3) is 11.1 Å². The molecule has 2 N–H and O–H groups in total. The number of allylic oxidation sites excluding steroid dienone is 2. The van der Waals surface area contributed by atoms with E-state index < -0.39 is 5.97 Å². The van der Waals surface area contributed by atoms with Crippen molar-refractivity contribution >= 4 is 34.6 Å². The molecule has 32 heavy (non-hydrogen) atoms. The fourth-order valence-corrected chi connectivity index (χ4v) is 4.44. The summed E-state index contributed by atoms with van der Waals surface area (Å²) in [5.74, 6) is -1.09. The molecule has 1 heterocycles. The number of benzene rings is 2. The van der Waals surface area contributed by atoms with Crippen molar-refractivity contribution in [2.75, 3.05) is 11.4 Å². The van der Waals surface area contributed by atoms with E-state index in [0.29, 0.717) is 25.9 Å². The lowest BCUT2D eigenvalue weighted by atomic mass is 9.77. The van der Waals surface area contributed by atoms with Crippen LogP contribution in [0.3, 0.4) is 0 Å². The predicted octanol–water partition coefficient (Wildman–Crippen LogP) is 4.39. The first-order valence-corrected chi connectivity index (χ1v) is 11.2. The number of rotatable bonds is 8. The van der Waals surface area contributed by atoms with E-state index in [1.54, 1.807) is 0 Å². The Kier molecular flexibility index (Phi) is 6.69. The maximum absolute atomic E-state index is 13.3. The molecule has 0 unspecified atom stereocenters. The van der Waals surface area contributed by atoms with E-state index in [9.17, 15) is 14.4 Å². The van der Waals surface area contributed by atoms with Crippen LogP contribution < -0.4 is 10.2 Å². The van der Waals surface area contributed by atoms with Gasteiger partial charge in [0.2, 0.25) is 11.8 Å². The topological polar surface area (TPSA) is 86.7 Å². The van der Waals surface area contributed by atoms with Crippen molar-refractivity contribution in [2.45, 2.75) is 51.5 Å². The Morgan fingerprint density at radius 1 is 0.844 bits per heavy atom. The Balaban J connectivity index is 1.46. The summed E-state index contributed by atoms with van der Waals surface area (Å²) in [4.78, 5) is 37.8. The number of carboxylic acids is 1. The molecule has 0 saturated carbocycles. The molecule has 2 aromatic carbocycles. The van der Waals surface area contributed by atoms with Crippen LogP contribution in [0.2, 0.25) is 0 Å². The highest BCUT2D eigenvalue weighted by molar-refractivity contribution is 6.05. The van der Waals surface area contributed by atoms with Crippen molar-refractivity contribution in [3.8, 4) is 0 Å². The maximum Gasteiger partial charge on any atom is 0.303 e. The van der Waals surface area contributed by atoms with Crippen molar-refractivity contribution in [3.05, 3.63) is 65.2 Å². The minimum Gasteiger partial charge on any atom is -0.481 e. The molecular formula is C26H28N2O4. The third-order valence-electron chi connectivity index (χ3n) is 6.19. The number of fused-ring (bicyclic) bond motifs is 4. The second-order valence-corrected chi connectivity index (χ2v) is 8.31. The summed E-state index contributed by atoms with van der Waals surface area (Å²) in [7, 11) is 0. The molecule has 1 aliphatic carbocycles. The smallest absolute Gasteiger partial charge is 0.303 e. The van der Waals surface area contributed by atoms with Gasteiger partial charge in [0.05, 0.1) is 12.2 Å². The molecule has 0 saturated heterocycles. The number of carbonyl (C=O) groups excluding carboxylic acids is 2. The molecule has 0 aromatic heterocycles. The zero-order valence-corrected chi connectivity index (χ0v) is 18.1. The number of para-hydroxylation sites is 1. The van der Waals surface area contributed by atoms with Gasteiger partial charge in [0.25, 0.3) is 0 Å². The number of hydrogen-bond acceptors (Lipinski definition) is 3. The summed E-state index contributed by atoms with van der Waals surface area (Å²) in [6, 6.07) is 16.3. The molecule has 166 valence electrons. The number of nitrogens with one attached hydrogen (secondary N) is 1. The first-order chi connectivity index (χ1) is 15.5. The molecule has 2 amide bonds. The Hall–Kier alpha value is -3.41. The van der Waals surface area contributed by atoms with Gasteiger partial charge in [0.15, 0.2) is 0 Å². The van der Waals surface area contributed by atoms with Crippen LogP contribution in [-0.4, -0.2) is 29.4 Å². The Morgan fingerprint density at radius 3 is 2.28 bits per heavy atom. The lowest BCUT2D eigenvalue weighted by Gasteiger charge is -2.35. The second-order valence-electron chi connectivity index (χ2n) is 8.31. The summed E-state index contributed by atoms with van der Waals surface area (Å²) in [6.45, 7) is 0.913. The van der Waals surface area contributed by atoms with Crippen LogP contribution >= 0.6 is 0 Å². The average Bonchev–Trinajstić information content (AvgIpc) is 2.75. The molecular weight excluding hydrogens is 404 g/mol. The Morgan fingerprint density at radius 2 is 1.53 bits per heavy atom. The quantitative estimate of drug-likeness (QED) is 0.606. The molecule has 0 fully saturated rings. The average molecular weight is 433 g/mol. The number of anilines is 1. The fourth-order valence-electron chi connectivity index (χ4n) is 4.44. The van der Waals surface area contributed by atoms with Gasteiger partial charge >= 0.3 is 5.97 Å². The van der Waals surface area contributed by atoms with E-state index in [1.807, 2.05) is 35.2 Å². The molecule has 6 nitrogen and oxygen atoms in total. The van der Waals surface area contributed by atoms with Crippen molar-refractivity contribution in [1.82, 2.24) is 5.32 Å². The van der Waals surface area contributed by atoms with Gasteiger partial charge < -0.3 is 15.3 Å². The number of nitrogens with zero attached hydrogens (tertiary/aromatic N) is 1. The van der Waals surface area contributed by atoms with Crippen molar-refractivity contribution in [1.29, 1.82) is 0 Å². The van der Waals surface area contributed by atoms with E-state index in [4.69, 9.17) is 5.11 Å². The lowest BCUT2D eigenvalue weighted by Crippen LogP contribution is -2.34. The molecule has 0 spiro atoms. The number of aliphatic carboxylic acids is 1. The van der Waals surface area contributed by atoms with Gasteiger partial charge in [-0.15, -0.1) is 0 Å². The standard InChI is InChI=1S/C26H28N2O4/c29-24(27-16-6-5-11-26(31)32)14-15-25(30)28-17-18-7-1-2-8-19(18)20-12-13-21(20)22-9-3-4-10-23(22)28/h1-4,7-10H,5-6,11-17H2,(H,27,29)(H,31,32). The van der Waals surface area contributed by atoms with E-state index in [1.165, 1.54) is 16.7 Å². The van der Waals surface area contributed by atoms with Gasteiger partial charge in [0.1, 0.15) is 0 Å². The summed E-state index contributed by atoms with van der Waals surface area (Å²) >= 11 is 0. The highest BCUT2D eigenvalue weighted by Crippen LogP contribution is 2.48. The third-order valence-corrected chi connectivity index (χ3v) is 6.19. The molecule has 2 aromatic rings. The van der Waals surface area contributed by atoms with Crippen LogP contribution in [0.15, 0.2) is 48.5 Å². The molecule has 0 bridgehead atoms. The zero-order chi connectivity index (χ0) is 22.5. The monoisotopic (exact) mass is 432 g/mol. The fraction of sp³-hybridized carbons (Fsp3) is 0.346. The van der Waals surface area contributed by atoms with Gasteiger partial charge in [0, 0.05) is 31.4 Å².